The summed E-state index contributed by atoms with van der Waals surface area (Å²) in [7, 11) is -2.64. The summed E-state index contributed by atoms with van der Waals surface area (Å²) in [6.45, 7) is 13.0. The molecule has 9 nitrogen and oxygen atoms in total. The first-order valence-electron chi connectivity index (χ1n) is 14.7. The number of benzene rings is 2. The van der Waals surface area contributed by atoms with Gasteiger partial charge in [-0.05, 0) is 86.1 Å². The summed E-state index contributed by atoms with van der Waals surface area (Å²) in [6.07, 6.45) is 1.85. The molecule has 1 aliphatic heterocycles. The predicted molar refractivity (Wildman–Crippen MR) is 167 cm³/mol. The fourth-order valence-corrected chi connectivity index (χ4v) is 7.91. The highest BCUT2D eigenvalue weighted by Crippen LogP contribution is 2.51. The molecule has 4 bridgehead atoms. The molecule has 0 spiro atoms. The molecular weight excluding hydrogens is 564 g/mol. The highest BCUT2D eigenvalue weighted by atomic mass is 32.2. The lowest BCUT2D eigenvalue weighted by atomic mass is 9.58. The van der Waals surface area contributed by atoms with Gasteiger partial charge in [0.2, 0.25) is 11.8 Å². The summed E-state index contributed by atoms with van der Waals surface area (Å²) in [6, 6.07) is 15.0. The van der Waals surface area contributed by atoms with E-state index in [1.807, 2.05) is 45.0 Å². The summed E-state index contributed by atoms with van der Waals surface area (Å²) in [5.74, 6) is 0.505. The Labute approximate surface area is 254 Å². The largest absolute Gasteiger partial charge is 0.477 e. The minimum Gasteiger partial charge on any atom is -0.477 e. The van der Waals surface area contributed by atoms with Crippen molar-refractivity contribution in [1.82, 2.24) is 15.3 Å². The van der Waals surface area contributed by atoms with Crippen molar-refractivity contribution in [3.05, 3.63) is 65.2 Å². The second kappa shape index (κ2) is 11.4. The monoisotopic (exact) mass is 606 g/mol. The Hall–Kier alpha value is -3.66. The molecule has 2 N–H and O–H groups in total. The van der Waals surface area contributed by atoms with Crippen LogP contribution < -0.4 is 14.8 Å². The van der Waals surface area contributed by atoms with Gasteiger partial charge in [-0.1, -0.05) is 51.1 Å². The maximum Gasteiger partial charge on any atom is 0.407 e. The fourth-order valence-electron chi connectivity index (χ4n) is 6.91. The molecule has 1 aromatic heterocycles. The minimum atomic E-state index is -4.00. The smallest absolute Gasteiger partial charge is 0.407 e. The molecule has 0 saturated heterocycles. The normalized spacial score (nSPS) is 24.7. The Morgan fingerprint density at radius 1 is 1.09 bits per heavy atom. The Morgan fingerprint density at radius 2 is 1.77 bits per heavy atom. The molecule has 2 aliphatic rings. The molecule has 1 saturated carbocycles. The summed E-state index contributed by atoms with van der Waals surface area (Å²) in [5.41, 5.74) is 4.07. The van der Waals surface area contributed by atoms with Gasteiger partial charge in [0.05, 0.1) is 24.3 Å². The van der Waals surface area contributed by atoms with Gasteiger partial charge in [-0.25, -0.2) is 22.9 Å². The third kappa shape index (κ3) is 6.79. The molecule has 0 radical (unpaired) electrons. The zero-order valence-electron chi connectivity index (χ0n) is 26.0. The maximum atomic E-state index is 13.7. The molecule has 1 aliphatic carbocycles. The molecule has 1 unspecified atom stereocenters. The number of aromatic nitrogens is 2. The number of aryl methyl sites for hydroxylation is 2. The van der Waals surface area contributed by atoms with Crippen molar-refractivity contribution in [2.24, 2.45) is 17.3 Å². The lowest BCUT2D eigenvalue weighted by Crippen LogP contribution is -2.57. The van der Waals surface area contributed by atoms with E-state index in [2.05, 4.69) is 40.8 Å². The number of nitrogens with zero attached hydrogens (tertiary/aromatic N) is 2. The molecule has 10 heteroatoms. The molecule has 2 heterocycles. The van der Waals surface area contributed by atoms with Crippen LogP contribution in [0.4, 0.5) is 10.7 Å². The SMILES string of the molecule is COC(=O)NC1(C)CC(C2c3cccc(c3)S(=O)(=O)Nc3nc(cc(-c4c(C)cccc4C)n3)OC[C@H]2CC(C)(C)C)C1. The third-order valence-corrected chi connectivity index (χ3v) is 9.89. The van der Waals surface area contributed by atoms with E-state index in [-0.39, 0.29) is 34.0 Å². The van der Waals surface area contributed by atoms with Crippen molar-refractivity contribution in [1.29, 1.82) is 0 Å². The van der Waals surface area contributed by atoms with E-state index in [1.54, 1.807) is 24.3 Å². The van der Waals surface area contributed by atoms with Crippen LogP contribution in [0.15, 0.2) is 53.4 Å². The first-order chi connectivity index (χ1) is 20.2. The van der Waals surface area contributed by atoms with Gasteiger partial charge in [-0.3, -0.25) is 0 Å². The average Bonchev–Trinajstić information content (AvgIpc) is 2.89. The summed E-state index contributed by atoms with van der Waals surface area (Å²) in [5, 5.41) is 2.98. The molecule has 3 aromatic rings. The topological polar surface area (TPSA) is 120 Å². The van der Waals surface area contributed by atoms with E-state index in [0.29, 0.717) is 18.2 Å². The number of methoxy groups -OCH3 is 1. The van der Waals surface area contributed by atoms with Crippen molar-refractivity contribution in [2.75, 3.05) is 18.4 Å². The lowest BCUT2D eigenvalue weighted by molar-refractivity contribution is 0.0507. The Bertz CT molecular complexity index is 1610. The van der Waals surface area contributed by atoms with Gasteiger partial charge >= 0.3 is 6.09 Å². The van der Waals surface area contributed by atoms with Gasteiger partial charge < -0.3 is 14.8 Å². The van der Waals surface area contributed by atoms with Crippen LogP contribution in [-0.4, -0.2) is 43.7 Å². The van der Waals surface area contributed by atoms with E-state index >= 15 is 0 Å². The number of sulfonamides is 1. The van der Waals surface area contributed by atoms with Crippen LogP contribution in [0.5, 0.6) is 5.88 Å². The zero-order chi connectivity index (χ0) is 31.2. The van der Waals surface area contributed by atoms with E-state index < -0.39 is 21.7 Å². The molecule has 2 atom stereocenters. The maximum absolute atomic E-state index is 13.7. The number of nitrogens with one attached hydrogen (secondary N) is 2. The first kappa shape index (κ1) is 30.8. The quantitative estimate of drug-likeness (QED) is 0.343. The molecule has 2 aromatic carbocycles. The van der Waals surface area contributed by atoms with Crippen LogP contribution in [0.3, 0.4) is 0 Å². The molecular formula is C33H42N4O5S. The van der Waals surface area contributed by atoms with Crippen LogP contribution in [0.25, 0.3) is 11.3 Å². The van der Waals surface area contributed by atoms with E-state index in [9.17, 15) is 13.2 Å². The number of ether oxygens (including phenoxy) is 2. The van der Waals surface area contributed by atoms with Crippen molar-refractivity contribution in [3.8, 4) is 17.1 Å². The average molecular weight is 607 g/mol. The van der Waals surface area contributed by atoms with Crippen LogP contribution in [0.1, 0.15) is 69.6 Å². The Balaban J connectivity index is 1.61. The molecule has 1 fully saturated rings. The highest BCUT2D eigenvalue weighted by molar-refractivity contribution is 7.92. The molecule has 230 valence electrons. The van der Waals surface area contributed by atoms with Gasteiger partial charge in [-0.15, -0.1) is 0 Å². The minimum absolute atomic E-state index is 0.0132. The second-order valence-corrected chi connectivity index (χ2v) is 15.2. The van der Waals surface area contributed by atoms with E-state index in [1.165, 1.54) is 7.11 Å². The second-order valence-electron chi connectivity index (χ2n) is 13.6. The van der Waals surface area contributed by atoms with Crippen LogP contribution >= 0.6 is 0 Å². The van der Waals surface area contributed by atoms with Crippen LogP contribution in [-0.2, 0) is 14.8 Å². The Kier molecular flexibility index (Phi) is 8.19. The fraction of sp³-hybridized carbons (Fsp3) is 0.485. The number of anilines is 1. The van der Waals surface area contributed by atoms with Crippen LogP contribution in [0, 0.1) is 31.1 Å². The van der Waals surface area contributed by atoms with Crippen molar-refractivity contribution >= 4 is 22.1 Å². The van der Waals surface area contributed by atoms with Gasteiger partial charge in [0, 0.05) is 23.1 Å². The number of alkyl carbamates (subject to hydrolysis) is 1. The van der Waals surface area contributed by atoms with Gasteiger partial charge in [0.1, 0.15) is 0 Å². The first-order valence-corrected chi connectivity index (χ1v) is 16.2. The molecule has 43 heavy (non-hydrogen) atoms. The van der Waals surface area contributed by atoms with E-state index in [0.717, 1.165) is 41.5 Å². The Morgan fingerprint density at radius 3 is 2.42 bits per heavy atom. The van der Waals surface area contributed by atoms with Crippen LogP contribution in [0.2, 0.25) is 0 Å². The number of carbonyl (C=O) groups is 1. The van der Waals surface area contributed by atoms with E-state index in [4.69, 9.17) is 9.47 Å². The van der Waals surface area contributed by atoms with Crippen molar-refractivity contribution in [2.45, 2.75) is 77.2 Å². The third-order valence-electron chi connectivity index (χ3n) is 8.57. The van der Waals surface area contributed by atoms with Gasteiger partial charge in [0.15, 0.2) is 0 Å². The zero-order valence-corrected chi connectivity index (χ0v) is 26.8. The lowest BCUT2D eigenvalue weighted by Gasteiger charge is -2.51. The van der Waals surface area contributed by atoms with Crippen molar-refractivity contribution < 1.29 is 22.7 Å². The number of fused-ring (bicyclic) bond motifs is 4. The number of hydrogen-bond donors (Lipinski definition) is 2. The number of rotatable bonds is 4. The highest BCUT2D eigenvalue weighted by Gasteiger charge is 2.48. The number of hydrogen-bond acceptors (Lipinski definition) is 7. The van der Waals surface area contributed by atoms with Gasteiger partial charge in [-0.2, -0.15) is 4.98 Å². The summed E-state index contributed by atoms with van der Waals surface area (Å²) in [4.78, 5) is 21.3. The van der Waals surface area contributed by atoms with Crippen molar-refractivity contribution in [3.63, 3.8) is 0 Å². The summed E-state index contributed by atoms with van der Waals surface area (Å²) >= 11 is 0. The standard InChI is InChI=1S/C33H42N4O5S/c1-20-10-8-11-21(2)28(20)26-15-27-35-30(34-26)37-43(39,40)25-13-9-12-22(14-25)29(24(19-42-27)16-32(3,4)5)23-17-33(6,18-23)36-31(38)41-7/h8-15,23-24,29H,16-19H2,1-7H3,(H,36,38)(H,34,35,37)/t23?,24-,29?,33?/m1/s1. The van der Waals surface area contributed by atoms with Gasteiger partial charge in [0.25, 0.3) is 10.0 Å². The number of amides is 1. The predicted octanol–water partition coefficient (Wildman–Crippen LogP) is 6.61. The number of carbonyl (C=O) groups excluding carboxylic acids is 1. The summed E-state index contributed by atoms with van der Waals surface area (Å²) < 4.78 is 41.3. The molecule has 1 amide bonds. The molecule has 5 rings (SSSR count).